The minimum atomic E-state index is -0.617. The second-order valence-corrected chi connectivity index (χ2v) is 8.43. The Kier molecular flexibility index (Phi) is 6.66. The van der Waals surface area contributed by atoms with Gasteiger partial charge in [0.1, 0.15) is 17.2 Å². The first-order valence-corrected chi connectivity index (χ1v) is 11.7. The van der Waals surface area contributed by atoms with E-state index in [9.17, 15) is 4.79 Å². The van der Waals surface area contributed by atoms with Gasteiger partial charge in [-0.2, -0.15) is 0 Å². The molecule has 0 spiro atoms. The number of anilines is 1. The molecular formula is C26H28N4O6. The van der Waals surface area contributed by atoms with Crippen LogP contribution in [-0.2, 0) is 4.79 Å². The van der Waals surface area contributed by atoms with Crippen molar-refractivity contribution < 1.29 is 28.5 Å². The van der Waals surface area contributed by atoms with E-state index in [0.29, 0.717) is 60.6 Å². The second kappa shape index (κ2) is 10.2. The Morgan fingerprint density at radius 3 is 2.39 bits per heavy atom. The van der Waals surface area contributed by atoms with Crippen LogP contribution >= 0.6 is 0 Å². The van der Waals surface area contributed by atoms with Crippen LogP contribution in [0.5, 0.6) is 28.7 Å². The number of ether oxygens (including phenoxy) is 5. The van der Waals surface area contributed by atoms with Crippen molar-refractivity contribution in [3.05, 3.63) is 48.5 Å². The summed E-state index contributed by atoms with van der Waals surface area (Å²) in [5.74, 6) is 3.99. The van der Waals surface area contributed by atoms with Crippen LogP contribution in [0.1, 0.15) is 6.92 Å². The summed E-state index contributed by atoms with van der Waals surface area (Å²) in [5.41, 5.74) is 1.50. The largest absolute Gasteiger partial charge is 0.497 e. The Hall–Kier alpha value is -4.21. The molecule has 1 unspecified atom stereocenters. The number of carbonyl (C=O) groups excluding carboxylic acids is 1. The fourth-order valence-electron chi connectivity index (χ4n) is 4.27. The molecule has 1 fully saturated rings. The average Bonchev–Trinajstić information content (AvgIpc) is 3.40. The molecule has 0 bridgehead atoms. The van der Waals surface area contributed by atoms with Crippen LogP contribution in [-0.4, -0.2) is 74.3 Å². The zero-order valence-corrected chi connectivity index (χ0v) is 20.5. The van der Waals surface area contributed by atoms with Gasteiger partial charge in [-0.1, -0.05) is 0 Å². The number of hydrogen-bond donors (Lipinski definition) is 0. The minimum Gasteiger partial charge on any atom is -0.497 e. The highest BCUT2D eigenvalue weighted by Gasteiger charge is 2.27. The average molecular weight is 493 g/mol. The predicted molar refractivity (Wildman–Crippen MR) is 132 cm³/mol. The third-order valence-electron chi connectivity index (χ3n) is 6.25. The summed E-state index contributed by atoms with van der Waals surface area (Å²) in [4.78, 5) is 16.9. The molecule has 36 heavy (non-hydrogen) atoms. The second-order valence-electron chi connectivity index (χ2n) is 8.43. The number of amides is 1. The normalized spacial score (nSPS) is 15.4. The van der Waals surface area contributed by atoms with E-state index in [0.717, 1.165) is 11.4 Å². The molecule has 5 rings (SSSR count). The molecule has 0 aliphatic carbocycles. The molecule has 10 heteroatoms. The number of aromatic nitrogens is 2. The van der Waals surface area contributed by atoms with Crippen molar-refractivity contribution in [3.63, 3.8) is 0 Å². The van der Waals surface area contributed by atoms with Crippen LogP contribution in [0.3, 0.4) is 0 Å². The van der Waals surface area contributed by atoms with E-state index < -0.39 is 6.10 Å². The van der Waals surface area contributed by atoms with Gasteiger partial charge in [-0.15, -0.1) is 10.2 Å². The molecule has 10 nitrogen and oxygen atoms in total. The Morgan fingerprint density at radius 2 is 1.67 bits per heavy atom. The maximum atomic E-state index is 13.0. The topological polar surface area (TPSA) is 95.5 Å². The summed E-state index contributed by atoms with van der Waals surface area (Å²) in [6.07, 6.45) is -0.617. The SMILES string of the molecule is COc1ccc(OC)c(-c2ccc(N3CCN(C(=O)C(C)Oc4ccc5c(c4)OCO5)CC3)nn2)c1. The lowest BCUT2D eigenvalue weighted by Crippen LogP contribution is -2.52. The number of carbonyl (C=O) groups is 1. The lowest BCUT2D eigenvalue weighted by molar-refractivity contribution is -0.138. The molecule has 0 N–H and O–H groups in total. The van der Waals surface area contributed by atoms with Gasteiger partial charge in [0, 0.05) is 37.8 Å². The highest BCUT2D eigenvalue weighted by molar-refractivity contribution is 5.81. The van der Waals surface area contributed by atoms with Crippen LogP contribution in [0.4, 0.5) is 5.82 Å². The molecule has 1 atom stereocenters. The van der Waals surface area contributed by atoms with Gasteiger partial charge in [0.05, 0.1) is 19.9 Å². The third-order valence-corrected chi connectivity index (χ3v) is 6.25. The molecule has 188 valence electrons. The number of rotatable bonds is 7. The van der Waals surface area contributed by atoms with E-state index in [-0.39, 0.29) is 12.7 Å². The Labute approximate surface area is 209 Å². The van der Waals surface area contributed by atoms with Gasteiger partial charge in [0.2, 0.25) is 6.79 Å². The fraction of sp³-hybridized carbons (Fsp3) is 0.346. The molecule has 1 amide bonds. The van der Waals surface area contributed by atoms with Crippen molar-refractivity contribution in [2.75, 3.05) is 52.1 Å². The first-order chi connectivity index (χ1) is 17.6. The van der Waals surface area contributed by atoms with Crippen molar-refractivity contribution in [2.24, 2.45) is 0 Å². The Balaban J connectivity index is 1.18. The standard InChI is InChI=1S/C26H28N4O6/c1-17(36-19-5-8-23-24(15-19)35-16-34-23)26(31)30-12-10-29(11-13-30)25-9-6-21(27-28-25)20-14-18(32-2)4-7-22(20)33-3/h4-9,14-15,17H,10-13,16H2,1-3H3. The van der Waals surface area contributed by atoms with Crippen molar-refractivity contribution in [2.45, 2.75) is 13.0 Å². The molecular weight excluding hydrogens is 464 g/mol. The fourth-order valence-corrected chi connectivity index (χ4v) is 4.27. The Bertz CT molecular complexity index is 1230. The van der Waals surface area contributed by atoms with Crippen molar-refractivity contribution in [1.82, 2.24) is 15.1 Å². The van der Waals surface area contributed by atoms with Crippen molar-refractivity contribution >= 4 is 11.7 Å². The maximum Gasteiger partial charge on any atom is 0.263 e. The van der Waals surface area contributed by atoms with Gasteiger partial charge in [0.15, 0.2) is 23.4 Å². The highest BCUT2D eigenvalue weighted by atomic mass is 16.7. The summed E-state index contributed by atoms with van der Waals surface area (Å²) >= 11 is 0. The van der Waals surface area contributed by atoms with Crippen LogP contribution in [0.25, 0.3) is 11.3 Å². The van der Waals surface area contributed by atoms with E-state index >= 15 is 0 Å². The van der Waals surface area contributed by atoms with E-state index in [1.165, 1.54) is 0 Å². The van der Waals surface area contributed by atoms with Crippen LogP contribution in [0.15, 0.2) is 48.5 Å². The van der Waals surface area contributed by atoms with Crippen LogP contribution in [0.2, 0.25) is 0 Å². The number of benzene rings is 2. The van der Waals surface area contributed by atoms with Gasteiger partial charge in [-0.3, -0.25) is 4.79 Å². The maximum absolute atomic E-state index is 13.0. The van der Waals surface area contributed by atoms with Gasteiger partial charge in [-0.05, 0) is 49.4 Å². The molecule has 0 saturated carbocycles. The van der Waals surface area contributed by atoms with E-state index in [2.05, 4.69) is 15.1 Å². The Morgan fingerprint density at radius 1 is 0.889 bits per heavy atom. The molecule has 1 saturated heterocycles. The van der Waals surface area contributed by atoms with Crippen molar-refractivity contribution in [1.29, 1.82) is 0 Å². The van der Waals surface area contributed by atoms with Gasteiger partial charge >= 0.3 is 0 Å². The van der Waals surface area contributed by atoms with Crippen LogP contribution < -0.4 is 28.6 Å². The summed E-state index contributed by atoms with van der Waals surface area (Å²) in [7, 11) is 3.24. The summed E-state index contributed by atoms with van der Waals surface area (Å²) in [6, 6.07) is 14.7. The zero-order valence-electron chi connectivity index (χ0n) is 20.5. The third kappa shape index (κ3) is 4.79. The van der Waals surface area contributed by atoms with Gasteiger partial charge in [0.25, 0.3) is 5.91 Å². The first-order valence-electron chi connectivity index (χ1n) is 11.7. The highest BCUT2D eigenvalue weighted by Crippen LogP contribution is 2.35. The number of nitrogens with zero attached hydrogens (tertiary/aromatic N) is 4. The van der Waals surface area contributed by atoms with Gasteiger partial charge < -0.3 is 33.5 Å². The summed E-state index contributed by atoms with van der Waals surface area (Å²) in [5, 5.41) is 8.84. The number of hydrogen-bond acceptors (Lipinski definition) is 9. The van der Waals surface area contributed by atoms with E-state index in [1.807, 2.05) is 35.2 Å². The molecule has 2 aromatic carbocycles. The number of piperazine rings is 1. The predicted octanol–water partition coefficient (Wildman–Crippen LogP) is 3.01. The quantitative estimate of drug-likeness (QED) is 0.493. The molecule has 2 aliphatic heterocycles. The molecule has 3 heterocycles. The zero-order chi connectivity index (χ0) is 25.1. The van der Waals surface area contributed by atoms with E-state index in [4.69, 9.17) is 23.7 Å². The molecule has 2 aliphatic rings. The van der Waals surface area contributed by atoms with Crippen molar-refractivity contribution in [3.8, 4) is 40.0 Å². The number of fused-ring (bicyclic) bond motifs is 1. The number of methoxy groups -OCH3 is 2. The lowest BCUT2D eigenvalue weighted by Gasteiger charge is -2.36. The molecule has 3 aromatic rings. The van der Waals surface area contributed by atoms with Gasteiger partial charge in [-0.25, -0.2) is 0 Å². The van der Waals surface area contributed by atoms with E-state index in [1.54, 1.807) is 39.3 Å². The first kappa shape index (κ1) is 23.5. The summed E-state index contributed by atoms with van der Waals surface area (Å²) in [6.45, 7) is 4.40. The molecule has 1 aromatic heterocycles. The smallest absolute Gasteiger partial charge is 0.263 e. The monoisotopic (exact) mass is 492 g/mol. The lowest BCUT2D eigenvalue weighted by atomic mass is 10.1. The minimum absolute atomic E-state index is 0.0566. The molecule has 0 radical (unpaired) electrons. The summed E-state index contributed by atoms with van der Waals surface area (Å²) < 4.78 is 27.4. The van der Waals surface area contributed by atoms with Crippen LogP contribution in [0, 0.1) is 0 Å².